The number of aliphatic hydroxyl groups is 3. The fraction of sp³-hybridized carbons (Fsp3) is 0.375. The highest BCUT2D eigenvalue weighted by Crippen LogP contribution is 2.31. The van der Waals surface area contributed by atoms with E-state index in [0.717, 1.165) is 16.1 Å². The molecule has 0 aromatic heterocycles. The Morgan fingerprint density at radius 3 is 2.42 bits per heavy atom. The summed E-state index contributed by atoms with van der Waals surface area (Å²) in [5.74, 6) is -2.36. The van der Waals surface area contributed by atoms with Gasteiger partial charge in [0.1, 0.15) is 12.2 Å². The molecule has 0 heterocycles. The molecule has 1 aliphatic carbocycles. The summed E-state index contributed by atoms with van der Waals surface area (Å²) in [6, 6.07) is 7.10. The summed E-state index contributed by atoms with van der Waals surface area (Å²) in [4.78, 5) is 22.9. The molecule has 1 aliphatic rings. The van der Waals surface area contributed by atoms with Gasteiger partial charge in [-0.25, -0.2) is 9.59 Å². The maximum absolute atomic E-state index is 11.8. The largest absolute Gasteiger partial charge is 0.479 e. The van der Waals surface area contributed by atoms with E-state index in [4.69, 9.17) is 9.84 Å². The van der Waals surface area contributed by atoms with E-state index in [0.29, 0.717) is 0 Å². The second kappa shape index (κ2) is 7.43. The molecule has 8 heteroatoms. The molecule has 4 atom stereocenters. The molecular formula is C16H17BrO7. The maximum atomic E-state index is 11.8. The van der Waals surface area contributed by atoms with Crippen molar-refractivity contribution < 1.29 is 34.8 Å². The van der Waals surface area contributed by atoms with Crippen molar-refractivity contribution in [2.45, 2.75) is 36.8 Å². The van der Waals surface area contributed by atoms with Crippen LogP contribution in [0, 0.1) is 0 Å². The summed E-state index contributed by atoms with van der Waals surface area (Å²) in [6.45, 7) is 0. The zero-order valence-corrected chi connectivity index (χ0v) is 14.1. The first kappa shape index (κ1) is 18.6. The van der Waals surface area contributed by atoms with Crippen molar-refractivity contribution in [3.63, 3.8) is 0 Å². The molecule has 0 unspecified atom stereocenters. The van der Waals surface area contributed by atoms with Crippen molar-refractivity contribution in [3.8, 4) is 0 Å². The highest BCUT2D eigenvalue weighted by molar-refractivity contribution is 9.10. The Labute approximate surface area is 146 Å². The first-order valence-electron chi connectivity index (χ1n) is 7.17. The lowest BCUT2D eigenvalue weighted by Gasteiger charge is -2.39. The first-order valence-corrected chi connectivity index (χ1v) is 7.97. The third-order valence-corrected chi connectivity index (χ3v) is 4.34. The monoisotopic (exact) mass is 400 g/mol. The maximum Gasteiger partial charge on any atom is 0.335 e. The molecule has 0 bridgehead atoms. The molecule has 0 spiro atoms. The van der Waals surface area contributed by atoms with E-state index in [9.17, 15) is 24.9 Å². The summed E-state index contributed by atoms with van der Waals surface area (Å²) >= 11 is 3.29. The van der Waals surface area contributed by atoms with Crippen LogP contribution in [0.5, 0.6) is 0 Å². The minimum Gasteiger partial charge on any atom is -0.479 e. The van der Waals surface area contributed by atoms with Gasteiger partial charge in [-0.2, -0.15) is 0 Å². The topological polar surface area (TPSA) is 124 Å². The van der Waals surface area contributed by atoms with Crippen LogP contribution in [0.25, 0.3) is 6.08 Å². The number of hydrogen-bond donors (Lipinski definition) is 4. The van der Waals surface area contributed by atoms with Gasteiger partial charge in [0.05, 0.1) is 6.10 Å². The number of carboxylic acids is 1. The Morgan fingerprint density at radius 1 is 1.21 bits per heavy atom. The van der Waals surface area contributed by atoms with Gasteiger partial charge in [0.15, 0.2) is 5.60 Å². The van der Waals surface area contributed by atoms with Gasteiger partial charge in [-0.05, 0) is 23.8 Å². The molecule has 0 saturated heterocycles. The lowest BCUT2D eigenvalue weighted by Crippen LogP contribution is -2.57. The van der Waals surface area contributed by atoms with Crippen molar-refractivity contribution in [2.75, 3.05) is 0 Å². The second-order valence-corrected chi connectivity index (χ2v) is 6.58. The minimum absolute atomic E-state index is 0.502. The van der Waals surface area contributed by atoms with E-state index < -0.39 is 48.7 Å². The molecule has 1 saturated carbocycles. The van der Waals surface area contributed by atoms with Gasteiger partial charge in [-0.3, -0.25) is 0 Å². The van der Waals surface area contributed by atoms with Gasteiger partial charge in [-0.15, -0.1) is 0 Å². The number of rotatable bonds is 4. The summed E-state index contributed by atoms with van der Waals surface area (Å²) in [5.41, 5.74) is -1.51. The first-order chi connectivity index (χ1) is 11.2. The number of carbonyl (C=O) groups is 2. The molecule has 0 aliphatic heterocycles. The summed E-state index contributed by atoms with van der Waals surface area (Å²) in [6.07, 6.45) is -2.72. The lowest BCUT2D eigenvalue weighted by molar-refractivity contribution is -0.196. The van der Waals surface area contributed by atoms with Crippen molar-refractivity contribution in [3.05, 3.63) is 40.4 Å². The Morgan fingerprint density at radius 2 is 1.83 bits per heavy atom. The molecule has 24 heavy (non-hydrogen) atoms. The highest BCUT2D eigenvalue weighted by Gasteiger charge is 2.50. The summed E-state index contributed by atoms with van der Waals surface area (Å²) in [5, 5.41) is 38.5. The fourth-order valence-electron chi connectivity index (χ4n) is 2.46. The smallest absolute Gasteiger partial charge is 0.335 e. The number of ether oxygens (including phenoxy) is 1. The summed E-state index contributed by atoms with van der Waals surface area (Å²) in [7, 11) is 0. The average Bonchev–Trinajstić information content (AvgIpc) is 2.51. The van der Waals surface area contributed by atoms with Crippen molar-refractivity contribution >= 4 is 33.9 Å². The molecule has 2 rings (SSSR count). The van der Waals surface area contributed by atoms with Crippen molar-refractivity contribution in [1.82, 2.24) is 0 Å². The molecular weight excluding hydrogens is 384 g/mol. The number of aliphatic carboxylic acids is 1. The molecule has 1 aromatic carbocycles. The number of hydrogen-bond acceptors (Lipinski definition) is 6. The van der Waals surface area contributed by atoms with Gasteiger partial charge in [0.2, 0.25) is 0 Å². The van der Waals surface area contributed by atoms with Gasteiger partial charge in [0.25, 0.3) is 0 Å². The lowest BCUT2D eigenvalue weighted by atomic mass is 9.79. The van der Waals surface area contributed by atoms with Crippen LogP contribution in [-0.2, 0) is 14.3 Å². The van der Waals surface area contributed by atoms with Crippen molar-refractivity contribution in [2.24, 2.45) is 0 Å². The number of aliphatic hydroxyl groups excluding tert-OH is 2. The van der Waals surface area contributed by atoms with E-state index >= 15 is 0 Å². The molecule has 4 N–H and O–H groups in total. The average molecular weight is 401 g/mol. The zero-order valence-electron chi connectivity index (χ0n) is 12.5. The fourth-order valence-corrected chi connectivity index (χ4v) is 2.73. The van der Waals surface area contributed by atoms with E-state index in [1.165, 1.54) is 6.08 Å². The van der Waals surface area contributed by atoms with E-state index in [1.807, 2.05) is 0 Å². The standard InChI is InChI=1S/C16H17BrO7/c17-10-4-1-9(2-5-10)3-6-13(19)24-12-8-16(23,15(21)22)7-11(18)14(12)20/h1-6,11-12,14,18,20,23H,7-8H2,(H,21,22)/b6-3+/t11-,12-,14-,16+/m1/s1. The van der Waals surface area contributed by atoms with E-state index in [2.05, 4.69) is 15.9 Å². The number of esters is 1. The quantitative estimate of drug-likeness (QED) is 0.433. The molecule has 0 radical (unpaired) electrons. The molecule has 130 valence electrons. The minimum atomic E-state index is -2.25. The van der Waals surface area contributed by atoms with Crippen LogP contribution in [-0.4, -0.2) is 56.3 Å². The van der Waals surface area contributed by atoms with Gasteiger partial charge < -0.3 is 25.2 Å². The van der Waals surface area contributed by atoms with Crippen LogP contribution in [0.4, 0.5) is 0 Å². The van der Waals surface area contributed by atoms with Crippen LogP contribution in [0.15, 0.2) is 34.8 Å². The van der Waals surface area contributed by atoms with Gasteiger partial charge in [-0.1, -0.05) is 28.1 Å². The normalized spacial score (nSPS) is 30.2. The zero-order chi connectivity index (χ0) is 17.9. The second-order valence-electron chi connectivity index (χ2n) is 5.66. The van der Waals surface area contributed by atoms with Crippen LogP contribution >= 0.6 is 15.9 Å². The SMILES string of the molecule is O=C(/C=C/c1ccc(Br)cc1)O[C@@H]1C[C@](O)(C(=O)O)C[C@@H](O)[C@H]1O. The highest BCUT2D eigenvalue weighted by atomic mass is 79.9. The Balaban J connectivity index is 2.03. The molecule has 7 nitrogen and oxygen atoms in total. The Hall–Kier alpha value is -1.74. The Kier molecular flexibility index (Phi) is 5.76. The van der Waals surface area contributed by atoms with Crippen LogP contribution < -0.4 is 0 Å². The number of halogens is 1. The van der Waals surface area contributed by atoms with Gasteiger partial charge >= 0.3 is 11.9 Å². The van der Waals surface area contributed by atoms with E-state index in [1.54, 1.807) is 24.3 Å². The van der Waals surface area contributed by atoms with Crippen LogP contribution in [0.2, 0.25) is 0 Å². The number of benzene rings is 1. The van der Waals surface area contributed by atoms with E-state index in [-0.39, 0.29) is 0 Å². The Bertz CT molecular complexity index is 642. The predicted molar refractivity (Wildman–Crippen MR) is 86.9 cm³/mol. The third kappa shape index (κ3) is 4.41. The van der Waals surface area contributed by atoms with Gasteiger partial charge in [0, 0.05) is 23.4 Å². The summed E-state index contributed by atoms with van der Waals surface area (Å²) < 4.78 is 5.88. The van der Waals surface area contributed by atoms with Crippen LogP contribution in [0.3, 0.4) is 0 Å². The third-order valence-electron chi connectivity index (χ3n) is 3.81. The van der Waals surface area contributed by atoms with Crippen LogP contribution in [0.1, 0.15) is 18.4 Å². The number of carbonyl (C=O) groups excluding carboxylic acids is 1. The number of carboxylic acid groups (broad SMARTS) is 1. The molecule has 1 fully saturated rings. The van der Waals surface area contributed by atoms with Crippen molar-refractivity contribution in [1.29, 1.82) is 0 Å². The molecule has 0 amide bonds. The molecule has 1 aromatic rings. The predicted octanol–water partition coefficient (Wildman–Crippen LogP) is 0.705.